The molecule has 13 heteroatoms. The molecule has 0 bridgehead atoms. The molecule has 3 atom stereocenters. The second-order valence-corrected chi connectivity index (χ2v) is 15.2. The summed E-state index contributed by atoms with van der Waals surface area (Å²) in [6.45, 7) is 2.35. The summed E-state index contributed by atoms with van der Waals surface area (Å²) in [6, 6.07) is -1.56. The number of hydrogen-bond acceptors (Lipinski definition) is 10. The van der Waals surface area contributed by atoms with Gasteiger partial charge in [-0.1, -0.05) is 142 Å². The first-order valence-electron chi connectivity index (χ1n) is 21.5. The number of nitrogens with two attached hydrogens (primary N) is 1. The average molecular weight is 870 g/mol. The van der Waals surface area contributed by atoms with E-state index in [9.17, 15) is 28.6 Å². The minimum absolute atomic E-state index is 0.0352. The number of rotatable bonds is 38. The Kier molecular flexibility index (Phi) is 37.9. The molecule has 0 aromatic rings. The number of carbonyl (C=O) groups excluding carboxylic acids is 3. The maximum Gasteiger partial charge on any atom is 0.472 e. The molecule has 0 amide bonds. The van der Waals surface area contributed by atoms with Crippen molar-refractivity contribution in [1.29, 1.82) is 0 Å². The zero-order valence-electron chi connectivity index (χ0n) is 36.4. The normalized spacial score (nSPS) is 14.8. The zero-order chi connectivity index (χ0) is 45.1. The molecular formula is C48H72NO11P. The first kappa shape index (κ1) is 56.5. The molecule has 12 nitrogen and oxygen atoms in total. The lowest BCUT2D eigenvalue weighted by Gasteiger charge is -2.20. The molecule has 0 aliphatic heterocycles. The fourth-order valence-corrected chi connectivity index (χ4v) is 5.58. The van der Waals surface area contributed by atoms with Crippen molar-refractivity contribution in [2.45, 2.75) is 135 Å². The highest BCUT2D eigenvalue weighted by molar-refractivity contribution is 7.47. The lowest BCUT2D eigenvalue weighted by Crippen LogP contribution is -2.34. The van der Waals surface area contributed by atoms with Crippen LogP contribution in [-0.2, 0) is 42.3 Å². The fourth-order valence-electron chi connectivity index (χ4n) is 4.80. The summed E-state index contributed by atoms with van der Waals surface area (Å²) in [6.07, 6.45) is 51.3. The number of carboxylic acid groups (broad SMARTS) is 1. The number of aliphatic carboxylic acids is 1. The summed E-state index contributed by atoms with van der Waals surface area (Å²) >= 11 is 0. The molecule has 0 saturated carbocycles. The van der Waals surface area contributed by atoms with Crippen molar-refractivity contribution < 1.29 is 52.3 Å². The molecule has 4 N–H and O–H groups in total. The van der Waals surface area contributed by atoms with Crippen LogP contribution in [0.1, 0.15) is 123 Å². The van der Waals surface area contributed by atoms with Crippen LogP contribution in [0.15, 0.2) is 122 Å². The Morgan fingerprint density at radius 2 is 1.08 bits per heavy atom. The van der Waals surface area contributed by atoms with E-state index >= 15 is 0 Å². The molecule has 0 saturated heterocycles. The van der Waals surface area contributed by atoms with E-state index in [2.05, 4.69) is 73.1 Å². The number of allylic oxidation sites excluding steroid dienone is 20. The zero-order valence-corrected chi connectivity index (χ0v) is 37.3. The van der Waals surface area contributed by atoms with Crippen LogP contribution in [0, 0.1) is 0 Å². The first-order valence-corrected chi connectivity index (χ1v) is 23.0. The van der Waals surface area contributed by atoms with Crippen LogP contribution >= 0.6 is 7.82 Å². The predicted octanol–water partition coefficient (Wildman–Crippen LogP) is 10.8. The number of phosphoric ester groups is 1. The minimum atomic E-state index is -4.77. The van der Waals surface area contributed by atoms with E-state index in [1.54, 1.807) is 12.2 Å². The third-order valence-corrected chi connectivity index (χ3v) is 9.13. The summed E-state index contributed by atoms with van der Waals surface area (Å²) in [5.41, 5.74) is 5.32. The molecule has 0 spiro atoms. The molecule has 0 rings (SSSR count). The van der Waals surface area contributed by atoms with Crippen LogP contribution in [0.5, 0.6) is 0 Å². The monoisotopic (exact) mass is 869 g/mol. The highest BCUT2D eigenvalue weighted by Crippen LogP contribution is 2.43. The van der Waals surface area contributed by atoms with Gasteiger partial charge in [0.05, 0.1) is 13.2 Å². The molecule has 0 fully saturated rings. The van der Waals surface area contributed by atoms with Crippen molar-refractivity contribution in [2.75, 3.05) is 19.8 Å². The van der Waals surface area contributed by atoms with E-state index in [1.165, 1.54) is 0 Å². The van der Waals surface area contributed by atoms with Gasteiger partial charge in [-0.25, -0.2) is 4.57 Å². The van der Waals surface area contributed by atoms with Gasteiger partial charge in [-0.15, -0.1) is 0 Å². The summed E-state index contributed by atoms with van der Waals surface area (Å²) in [4.78, 5) is 57.6. The molecular weight excluding hydrogens is 797 g/mol. The van der Waals surface area contributed by atoms with E-state index in [-0.39, 0.29) is 18.6 Å². The highest BCUT2D eigenvalue weighted by Gasteiger charge is 2.28. The van der Waals surface area contributed by atoms with Crippen LogP contribution in [0.3, 0.4) is 0 Å². The van der Waals surface area contributed by atoms with E-state index in [0.717, 1.165) is 64.2 Å². The summed E-state index contributed by atoms with van der Waals surface area (Å²) in [7, 11) is -4.77. The Morgan fingerprint density at radius 1 is 0.574 bits per heavy atom. The summed E-state index contributed by atoms with van der Waals surface area (Å²) in [5, 5.41) is 8.89. The van der Waals surface area contributed by atoms with E-state index in [4.69, 9.17) is 24.8 Å². The third kappa shape index (κ3) is 40.7. The predicted molar refractivity (Wildman–Crippen MR) is 244 cm³/mol. The number of unbranched alkanes of at least 4 members (excludes halogenated alkanes) is 3. The number of ether oxygens (including phenoxy) is 2. The van der Waals surface area contributed by atoms with Gasteiger partial charge in [0.15, 0.2) is 11.9 Å². The van der Waals surface area contributed by atoms with Gasteiger partial charge in [-0.05, 0) is 83.1 Å². The number of phosphoric acid groups is 1. The largest absolute Gasteiger partial charge is 0.480 e. The van der Waals surface area contributed by atoms with Gasteiger partial charge >= 0.3 is 25.7 Å². The molecule has 0 aliphatic carbocycles. The third-order valence-electron chi connectivity index (χ3n) is 8.18. The van der Waals surface area contributed by atoms with Gasteiger partial charge in [-0.2, -0.15) is 0 Å². The topological polar surface area (TPSA) is 189 Å². The Morgan fingerprint density at radius 3 is 1.62 bits per heavy atom. The van der Waals surface area contributed by atoms with Gasteiger partial charge in [-0.3, -0.25) is 28.2 Å². The van der Waals surface area contributed by atoms with Crippen molar-refractivity contribution in [3.8, 4) is 0 Å². The standard InChI is InChI=1S/C48H72NO11P/c1-3-5-7-8-9-10-11-12-13-14-15-16-17-18-21-24-27-30-34-38-46(51)57-40-44(41-58-61(55,56)59-42-45(49)48(53)54)60-47(52)39-35-31-28-25-22-19-20-23-26-29-33-37-43(50)36-32-6-4-2/h5,7,9-10,12-13,15-16,18-21,25-30,33,37,44-45H,3-4,6,8,11,14,17,22-24,31-32,34-36,38-42,49H2,1-2H3,(H,53,54)(H,55,56)/b7-5-,10-9-,13-12-,16-15-,20-19-,21-18-,28-25-,29-26-,30-27-,37-33+/t44-,45+/m1/s1. The lowest BCUT2D eigenvalue weighted by molar-refractivity contribution is -0.161. The molecule has 1 unspecified atom stereocenters. The Hall–Kier alpha value is -4.45. The van der Waals surface area contributed by atoms with Gasteiger partial charge < -0.3 is 25.2 Å². The molecule has 0 heterocycles. The van der Waals surface area contributed by atoms with Crippen molar-refractivity contribution in [3.05, 3.63) is 122 Å². The quantitative estimate of drug-likeness (QED) is 0.0133. The van der Waals surface area contributed by atoms with Gasteiger partial charge in [0.2, 0.25) is 0 Å². The fraction of sp³-hybridized carbons (Fsp3) is 0.500. The van der Waals surface area contributed by atoms with Crippen molar-refractivity contribution in [3.63, 3.8) is 0 Å². The molecule has 61 heavy (non-hydrogen) atoms. The number of esters is 2. The van der Waals surface area contributed by atoms with Crippen LogP contribution in [0.4, 0.5) is 0 Å². The van der Waals surface area contributed by atoms with Crippen LogP contribution in [-0.4, -0.2) is 65.7 Å². The first-order chi connectivity index (χ1) is 29.5. The lowest BCUT2D eigenvalue weighted by atomic mass is 10.1. The van der Waals surface area contributed by atoms with Crippen LogP contribution in [0.2, 0.25) is 0 Å². The number of carboxylic acids is 1. The van der Waals surface area contributed by atoms with Crippen molar-refractivity contribution in [1.82, 2.24) is 0 Å². The van der Waals surface area contributed by atoms with Crippen molar-refractivity contribution in [2.24, 2.45) is 5.73 Å². The highest BCUT2D eigenvalue weighted by atomic mass is 31.2. The smallest absolute Gasteiger partial charge is 0.472 e. The van der Waals surface area contributed by atoms with Crippen LogP contribution < -0.4 is 5.73 Å². The molecule has 0 aliphatic rings. The van der Waals surface area contributed by atoms with Gasteiger partial charge in [0.25, 0.3) is 0 Å². The average Bonchev–Trinajstić information content (AvgIpc) is 3.23. The van der Waals surface area contributed by atoms with Gasteiger partial charge in [0.1, 0.15) is 12.6 Å². The maximum absolute atomic E-state index is 12.6. The second kappa shape index (κ2) is 40.9. The van der Waals surface area contributed by atoms with Gasteiger partial charge in [0, 0.05) is 19.3 Å². The summed E-state index contributed by atoms with van der Waals surface area (Å²) < 4.78 is 32.5. The van der Waals surface area contributed by atoms with E-state index in [0.29, 0.717) is 32.1 Å². The molecule has 0 aromatic carbocycles. The molecule has 0 aromatic heterocycles. The second-order valence-electron chi connectivity index (χ2n) is 13.8. The maximum atomic E-state index is 12.6. The number of ketones is 1. The number of carbonyl (C=O) groups is 4. The SMILES string of the molecule is CC/C=C\C/C=C\C/C=C\C/C=C\C/C=C\C/C=C\CCC(=O)OC[C@H](COP(=O)(O)OC[C@H](N)C(=O)O)OC(=O)CCC/C=C\C/C=C\C/C=C\C=C\C(=O)CCCCC. The van der Waals surface area contributed by atoms with Crippen molar-refractivity contribution >= 4 is 31.5 Å². The minimum Gasteiger partial charge on any atom is -0.480 e. The molecule has 340 valence electrons. The number of hydrogen-bond donors (Lipinski definition) is 3. The van der Waals surface area contributed by atoms with Crippen LogP contribution in [0.25, 0.3) is 0 Å². The van der Waals surface area contributed by atoms with E-state index < -0.39 is 57.7 Å². The Bertz CT molecular complexity index is 1550. The van der Waals surface area contributed by atoms with E-state index in [1.807, 2.05) is 54.7 Å². The Balaban J connectivity index is 4.65. The Labute approximate surface area is 365 Å². The molecule has 0 radical (unpaired) electrons. The summed E-state index contributed by atoms with van der Waals surface area (Å²) in [5.74, 6) is -2.48.